The zero-order valence-electron chi connectivity index (χ0n) is 37.8. The van der Waals surface area contributed by atoms with Gasteiger partial charge in [-0.1, -0.05) is 137 Å². The summed E-state index contributed by atoms with van der Waals surface area (Å²) in [6, 6.07) is -4.79. The molecule has 0 atom stereocenters. The molecule has 0 bridgehead atoms. The number of benzene rings is 6. The molecule has 0 fully saturated rings. The van der Waals surface area contributed by atoms with E-state index >= 15 is 0 Å². The normalized spacial score (nSPS) is 18.2. The molecule has 39 heavy (non-hydrogen) atoms. The van der Waals surface area contributed by atoms with E-state index < -0.39 is 142 Å². The minimum atomic E-state index is -5.82. The van der Waals surface area contributed by atoms with Crippen LogP contribution in [0, 0.1) is 0 Å². The lowest BCUT2D eigenvalue weighted by atomic mass is 10.0. The Hall–Kier alpha value is -4.18. The molecule has 6 aromatic carbocycles. The third-order valence-electron chi connectivity index (χ3n) is 6.39. The van der Waals surface area contributed by atoms with Crippen molar-refractivity contribution in [2.45, 2.75) is 0 Å². The molecule has 0 saturated carbocycles. The quantitative estimate of drug-likeness (QED) is 0.149. The van der Waals surface area contributed by atoms with E-state index in [1.165, 1.54) is 12.1 Å². The highest BCUT2D eigenvalue weighted by molar-refractivity contribution is 9.10. The molecule has 0 radical (unpaired) electrons. The third-order valence-corrected chi connectivity index (χ3v) is 10.8. The van der Waals surface area contributed by atoms with Crippen LogP contribution < -0.4 is 20.7 Å². The predicted octanol–water partition coefficient (Wildman–Crippen LogP) is 7.39. The lowest BCUT2D eigenvalue weighted by Gasteiger charge is -2.34. The summed E-state index contributed by atoms with van der Waals surface area (Å²) < 4.78 is 168. The molecule has 0 N–H and O–H groups in total. The number of fused-ring (bicyclic) bond motifs is 3. The van der Waals surface area contributed by atoms with Crippen LogP contribution in [0.1, 0.15) is 24.7 Å². The van der Waals surface area contributed by atoms with Crippen LogP contribution in [0.2, 0.25) is 0 Å². The Balaban J connectivity index is 1.85. The molecule has 1 nitrogen and oxygen atoms in total. The van der Waals surface area contributed by atoms with E-state index in [1.807, 2.05) is 6.07 Å². The Bertz CT molecular complexity index is 2670. The van der Waals surface area contributed by atoms with Crippen molar-refractivity contribution in [2.24, 2.45) is 0 Å². The highest BCUT2D eigenvalue weighted by Gasteiger charge is 2.41. The number of hydrogen-bond acceptors (Lipinski definition) is 1. The monoisotopic (exact) mass is 598 g/mol. The molecule has 7 rings (SSSR count). The number of hydrogen-bond donors (Lipinski definition) is 0. The van der Waals surface area contributed by atoms with Crippen molar-refractivity contribution in [2.75, 3.05) is 0 Å². The van der Waals surface area contributed by atoms with Gasteiger partial charge < -0.3 is 4.42 Å². The molecular formula is C36H25BrOSi. The number of para-hydroxylation sites is 1. The first-order valence-electron chi connectivity index (χ1n) is 20.7. The predicted molar refractivity (Wildman–Crippen MR) is 170 cm³/mol. The highest BCUT2D eigenvalue weighted by Crippen LogP contribution is 2.32. The number of halogens is 1. The molecule has 0 aliphatic rings. The molecule has 1 aromatic heterocycles. The Kier molecular flexibility index (Phi) is 2.91. The number of furan rings is 1. The minimum absolute atomic E-state index is 0.0809. The summed E-state index contributed by atoms with van der Waals surface area (Å²) in [5, 5.41) is -1.80. The maximum absolute atomic E-state index is 9.91. The van der Waals surface area contributed by atoms with Gasteiger partial charge in [0.15, 0.2) is 8.07 Å². The van der Waals surface area contributed by atoms with E-state index in [-0.39, 0.29) is 11.1 Å². The van der Waals surface area contributed by atoms with Gasteiger partial charge in [0.25, 0.3) is 0 Å². The summed E-state index contributed by atoms with van der Waals surface area (Å²) >= 11 is 3.11. The van der Waals surface area contributed by atoms with Gasteiger partial charge in [-0.05, 0) is 62.2 Å². The van der Waals surface area contributed by atoms with Gasteiger partial charge in [-0.15, -0.1) is 0 Å². The molecule has 7 aromatic rings. The second-order valence-electron chi connectivity index (χ2n) is 8.50. The van der Waals surface area contributed by atoms with Gasteiger partial charge in [0.1, 0.15) is 11.2 Å². The van der Waals surface area contributed by atoms with Crippen molar-refractivity contribution in [1.29, 1.82) is 0 Å². The van der Waals surface area contributed by atoms with Crippen molar-refractivity contribution in [3.05, 3.63) is 156 Å². The van der Waals surface area contributed by atoms with Crippen LogP contribution in [0.5, 0.6) is 0 Å². The van der Waals surface area contributed by atoms with Crippen molar-refractivity contribution >= 4 is 66.7 Å². The lowest BCUT2D eigenvalue weighted by Crippen LogP contribution is -2.74. The van der Waals surface area contributed by atoms with E-state index in [9.17, 15) is 11.0 Å². The molecular weight excluding hydrogens is 556 g/mol. The highest BCUT2D eigenvalue weighted by atomic mass is 79.9. The van der Waals surface area contributed by atoms with E-state index in [1.54, 1.807) is 24.3 Å². The summed E-state index contributed by atoms with van der Waals surface area (Å²) in [7, 11) is -5.82. The molecule has 3 heteroatoms. The fourth-order valence-corrected chi connectivity index (χ4v) is 8.80. The SMILES string of the molecule is [2H]c1c([2H])c([2H])c([Si](c2c([2H])c([2H])c([2H])c([2H])c2[2H])(c2c([2H])c([2H])c([2H])c(Br)c2[2H])c2c([2H])c([2H])c([2H])c(-c3ccc4c(c3)oc3ccccc34)c2[2H])c([2H])c1[2H]. The average molecular weight is 600 g/mol. The fraction of sp³-hybridized carbons (Fsp3) is 0. The Morgan fingerprint density at radius 3 is 1.90 bits per heavy atom. The van der Waals surface area contributed by atoms with Crippen LogP contribution in [0.4, 0.5) is 0 Å². The Morgan fingerprint density at radius 2 is 1.15 bits per heavy atom. The fourth-order valence-electron chi connectivity index (χ4n) is 4.69. The lowest BCUT2D eigenvalue weighted by molar-refractivity contribution is 0.669. The summed E-state index contributed by atoms with van der Waals surface area (Å²) in [6.45, 7) is 0. The van der Waals surface area contributed by atoms with E-state index in [0.717, 1.165) is 5.39 Å². The second kappa shape index (κ2) is 9.85. The summed E-state index contributed by atoms with van der Waals surface area (Å²) in [5.74, 6) is 0. The zero-order chi connectivity index (χ0) is 41.9. The summed E-state index contributed by atoms with van der Waals surface area (Å²) in [6.07, 6.45) is 0. The van der Waals surface area contributed by atoms with E-state index in [4.69, 9.17) is 18.1 Å². The van der Waals surface area contributed by atoms with Gasteiger partial charge in [0, 0.05) is 15.2 Å². The van der Waals surface area contributed by atoms with Crippen molar-refractivity contribution in [3.63, 3.8) is 0 Å². The number of rotatable bonds is 5. The first kappa shape index (κ1) is 11.5. The summed E-state index contributed by atoms with van der Waals surface area (Å²) in [5.41, 5.74) is 0.535. The summed E-state index contributed by atoms with van der Waals surface area (Å²) in [4.78, 5) is 0. The largest absolute Gasteiger partial charge is 0.456 e. The van der Waals surface area contributed by atoms with Gasteiger partial charge in [0.2, 0.25) is 0 Å². The molecule has 0 amide bonds. The van der Waals surface area contributed by atoms with E-state index in [2.05, 4.69) is 15.9 Å². The van der Waals surface area contributed by atoms with Crippen LogP contribution in [-0.2, 0) is 0 Å². The van der Waals surface area contributed by atoms with Gasteiger partial charge in [-0.2, -0.15) is 0 Å². The smallest absolute Gasteiger partial charge is 0.179 e. The maximum Gasteiger partial charge on any atom is 0.179 e. The first-order chi connectivity index (χ1) is 26.7. The molecule has 0 saturated heterocycles. The zero-order valence-corrected chi connectivity index (χ0v) is 22.4. The van der Waals surface area contributed by atoms with Crippen LogP contribution in [0.3, 0.4) is 0 Å². The van der Waals surface area contributed by atoms with Crippen molar-refractivity contribution < 1.29 is 29.1 Å². The molecule has 0 aliphatic carbocycles. The standard InChI is InChI=1S/C36H25BrOSi/c37-28-12-10-18-32(25-28)39(29-13-3-1-4-14-29,30-15-5-2-6-16-30)31-17-9-11-26(23-31)27-21-22-34-33-19-7-8-20-35(33)38-36(34)24-27/h1-25H/i1D,2D,3D,4D,5D,6D,9D,10D,11D,12D,13D,14D,15D,16D,17D,18D,23D,25D. The first-order valence-corrected chi connectivity index (χ1v) is 14.5. The van der Waals surface area contributed by atoms with Gasteiger partial charge in [-0.3, -0.25) is 0 Å². The van der Waals surface area contributed by atoms with Gasteiger partial charge >= 0.3 is 0 Å². The topological polar surface area (TPSA) is 13.1 Å². The Labute approximate surface area is 262 Å². The molecule has 0 aliphatic heterocycles. The second-order valence-corrected chi connectivity index (χ2v) is 12.8. The van der Waals surface area contributed by atoms with Crippen LogP contribution >= 0.6 is 15.9 Å². The third kappa shape index (κ3) is 4.06. The Morgan fingerprint density at radius 1 is 0.538 bits per heavy atom. The minimum Gasteiger partial charge on any atom is -0.456 e. The molecule has 186 valence electrons. The van der Waals surface area contributed by atoms with Crippen LogP contribution in [0.25, 0.3) is 33.1 Å². The maximum atomic E-state index is 9.91. The van der Waals surface area contributed by atoms with Gasteiger partial charge in [0.05, 0.1) is 24.7 Å². The molecule has 0 unspecified atom stereocenters. The average Bonchev–Trinajstić information content (AvgIpc) is 3.56. The van der Waals surface area contributed by atoms with Crippen molar-refractivity contribution in [1.82, 2.24) is 0 Å². The van der Waals surface area contributed by atoms with Gasteiger partial charge in [-0.25, -0.2) is 0 Å². The van der Waals surface area contributed by atoms with Crippen LogP contribution in [-0.4, -0.2) is 8.07 Å². The molecule has 0 spiro atoms. The van der Waals surface area contributed by atoms with Crippen molar-refractivity contribution in [3.8, 4) is 11.1 Å². The molecule has 1 heterocycles. The van der Waals surface area contributed by atoms with E-state index in [0.29, 0.717) is 16.6 Å². The van der Waals surface area contributed by atoms with Crippen LogP contribution in [0.15, 0.2) is 160 Å².